The molecule has 1 amide bonds. The van der Waals surface area contributed by atoms with Gasteiger partial charge in [0, 0.05) is 12.1 Å². The summed E-state index contributed by atoms with van der Waals surface area (Å²) in [7, 11) is 1.43. The van der Waals surface area contributed by atoms with Gasteiger partial charge >= 0.3 is 0 Å². The van der Waals surface area contributed by atoms with Gasteiger partial charge in [-0.25, -0.2) is 0 Å². The van der Waals surface area contributed by atoms with Gasteiger partial charge in [-0.2, -0.15) is 0 Å². The summed E-state index contributed by atoms with van der Waals surface area (Å²) in [6.45, 7) is 5.73. The van der Waals surface area contributed by atoms with E-state index < -0.39 is 16.9 Å². The fraction of sp³-hybridized carbons (Fsp3) is 0.316. The first-order valence-electron chi connectivity index (χ1n) is 8.23. The molecule has 0 aliphatic carbocycles. The summed E-state index contributed by atoms with van der Waals surface area (Å²) in [5.41, 5.74) is 2.13. The van der Waals surface area contributed by atoms with E-state index in [0.29, 0.717) is 17.9 Å². The van der Waals surface area contributed by atoms with Crippen LogP contribution in [0.25, 0.3) is 0 Å². The summed E-state index contributed by atoms with van der Waals surface area (Å²) < 4.78 is 11.0. The molecule has 1 N–H and O–H groups in total. The minimum Gasteiger partial charge on any atom is -0.495 e. The Hall–Kier alpha value is -3.09. The predicted octanol–water partition coefficient (Wildman–Crippen LogP) is 4.02. The minimum absolute atomic E-state index is 0.135. The van der Waals surface area contributed by atoms with Gasteiger partial charge in [-0.05, 0) is 43.5 Å². The second kappa shape index (κ2) is 8.33. The van der Waals surface area contributed by atoms with Gasteiger partial charge in [-0.1, -0.05) is 19.1 Å². The van der Waals surface area contributed by atoms with Crippen LogP contribution in [0.4, 0.5) is 11.4 Å². The number of benzene rings is 2. The molecule has 7 heteroatoms. The second-order valence-electron chi connectivity index (χ2n) is 5.84. The number of ether oxygens (including phenoxy) is 2. The molecule has 2 aromatic carbocycles. The van der Waals surface area contributed by atoms with Crippen molar-refractivity contribution in [3.8, 4) is 11.5 Å². The highest BCUT2D eigenvalue weighted by molar-refractivity contribution is 5.96. The largest absolute Gasteiger partial charge is 0.495 e. The highest BCUT2D eigenvalue weighted by Crippen LogP contribution is 2.29. The Balaban J connectivity index is 2.22. The quantitative estimate of drug-likeness (QED) is 0.596. The summed E-state index contributed by atoms with van der Waals surface area (Å²) in [4.78, 5) is 23.1. The first kappa shape index (κ1) is 19.2. The monoisotopic (exact) mass is 358 g/mol. The molecule has 0 spiro atoms. The van der Waals surface area contributed by atoms with Crippen LogP contribution in [0.1, 0.15) is 24.5 Å². The molecule has 0 fully saturated rings. The molecular weight excluding hydrogens is 336 g/mol. The Bertz CT molecular complexity index is 820. The number of amides is 1. The number of nitrogens with zero attached hydrogens (tertiary/aromatic N) is 1. The summed E-state index contributed by atoms with van der Waals surface area (Å²) in [5, 5.41) is 13.6. The van der Waals surface area contributed by atoms with Crippen LogP contribution >= 0.6 is 0 Å². The van der Waals surface area contributed by atoms with Gasteiger partial charge in [-0.15, -0.1) is 0 Å². The van der Waals surface area contributed by atoms with Gasteiger partial charge in [0.25, 0.3) is 11.6 Å². The van der Waals surface area contributed by atoms with Crippen molar-refractivity contribution in [1.29, 1.82) is 0 Å². The molecule has 0 unspecified atom stereocenters. The van der Waals surface area contributed by atoms with Crippen molar-refractivity contribution in [3.05, 3.63) is 57.6 Å². The van der Waals surface area contributed by atoms with E-state index in [0.717, 1.165) is 11.1 Å². The number of carbonyl (C=O) groups excluding carboxylic acids is 1. The van der Waals surface area contributed by atoms with Gasteiger partial charge in [0.1, 0.15) is 11.5 Å². The molecule has 0 saturated heterocycles. The SMILES string of the molecule is CC[C@@H](Oc1cccc(C)c1C)C(=O)Nc1cc([N+](=O)[O-])ccc1OC. The van der Waals surface area contributed by atoms with Crippen molar-refractivity contribution in [2.24, 2.45) is 0 Å². The third-order valence-electron chi connectivity index (χ3n) is 4.14. The number of nitrogens with one attached hydrogen (secondary N) is 1. The molecule has 0 bridgehead atoms. The lowest BCUT2D eigenvalue weighted by Gasteiger charge is -2.20. The van der Waals surface area contributed by atoms with Crippen molar-refractivity contribution in [1.82, 2.24) is 0 Å². The van der Waals surface area contributed by atoms with E-state index in [9.17, 15) is 14.9 Å². The molecule has 1 atom stereocenters. The Kier molecular flexibility index (Phi) is 6.16. The van der Waals surface area contributed by atoms with Gasteiger partial charge in [0.2, 0.25) is 0 Å². The first-order valence-corrected chi connectivity index (χ1v) is 8.23. The van der Waals surface area contributed by atoms with Crippen LogP contribution in [0.15, 0.2) is 36.4 Å². The van der Waals surface area contributed by atoms with Gasteiger partial charge in [0.05, 0.1) is 17.7 Å². The summed E-state index contributed by atoms with van der Waals surface area (Å²) in [6.07, 6.45) is -0.296. The van der Waals surface area contributed by atoms with E-state index in [1.54, 1.807) is 0 Å². The van der Waals surface area contributed by atoms with Crippen molar-refractivity contribution in [3.63, 3.8) is 0 Å². The number of nitro benzene ring substituents is 1. The van der Waals surface area contributed by atoms with Crippen LogP contribution in [0.2, 0.25) is 0 Å². The minimum atomic E-state index is -0.737. The Morgan fingerprint density at radius 2 is 1.96 bits per heavy atom. The van der Waals surface area contributed by atoms with Gasteiger partial charge in [-0.3, -0.25) is 14.9 Å². The van der Waals surface area contributed by atoms with E-state index in [4.69, 9.17) is 9.47 Å². The third kappa shape index (κ3) is 4.30. The Labute approximate surface area is 152 Å². The van der Waals surface area contributed by atoms with Crippen LogP contribution in [-0.4, -0.2) is 24.0 Å². The molecule has 2 aromatic rings. The highest BCUT2D eigenvalue weighted by atomic mass is 16.6. The zero-order valence-corrected chi connectivity index (χ0v) is 15.2. The van der Waals surface area contributed by atoms with E-state index in [2.05, 4.69) is 5.32 Å². The van der Waals surface area contributed by atoms with E-state index >= 15 is 0 Å². The standard InChI is InChI=1S/C19H22N2O5/c1-5-16(26-17-8-6-7-12(2)13(17)3)19(22)20-15-11-14(21(23)24)9-10-18(15)25-4/h6-11,16H,5H2,1-4H3,(H,20,22)/t16-/m1/s1. The summed E-state index contributed by atoms with van der Waals surface area (Å²) in [6, 6.07) is 9.68. The highest BCUT2D eigenvalue weighted by Gasteiger charge is 2.22. The summed E-state index contributed by atoms with van der Waals surface area (Å²) in [5.74, 6) is 0.579. The molecule has 26 heavy (non-hydrogen) atoms. The number of anilines is 1. The maximum Gasteiger partial charge on any atom is 0.271 e. The number of hydrogen-bond acceptors (Lipinski definition) is 5. The average molecular weight is 358 g/mol. The van der Waals surface area contributed by atoms with Crippen LogP contribution in [0, 0.1) is 24.0 Å². The molecule has 0 aromatic heterocycles. The molecule has 0 aliphatic rings. The molecule has 0 heterocycles. The second-order valence-corrected chi connectivity index (χ2v) is 5.84. The van der Waals surface area contributed by atoms with E-state index in [-0.39, 0.29) is 11.4 Å². The fourth-order valence-electron chi connectivity index (χ4n) is 2.45. The zero-order valence-electron chi connectivity index (χ0n) is 15.2. The van der Waals surface area contributed by atoms with Crippen LogP contribution < -0.4 is 14.8 Å². The number of carbonyl (C=O) groups is 1. The molecule has 7 nitrogen and oxygen atoms in total. The normalized spacial score (nSPS) is 11.5. The van der Waals surface area contributed by atoms with E-state index in [1.807, 2.05) is 39.0 Å². The average Bonchev–Trinajstić information content (AvgIpc) is 2.62. The number of hydrogen-bond donors (Lipinski definition) is 1. The molecule has 0 saturated carbocycles. The third-order valence-corrected chi connectivity index (χ3v) is 4.14. The van der Waals surface area contributed by atoms with Gasteiger partial charge in [0.15, 0.2) is 6.10 Å². The van der Waals surface area contributed by atoms with Crippen LogP contribution in [0.5, 0.6) is 11.5 Å². The first-order chi connectivity index (χ1) is 12.4. The number of aryl methyl sites for hydroxylation is 1. The maximum absolute atomic E-state index is 12.6. The zero-order chi connectivity index (χ0) is 19.3. The topological polar surface area (TPSA) is 90.7 Å². The molecular formula is C19H22N2O5. The summed E-state index contributed by atoms with van der Waals surface area (Å²) >= 11 is 0. The van der Waals surface area contributed by atoms with Crippen LogP contribution in [0.3, 0.4) is 0 Å². The number of non-ortho nitro benzene ring substituents is 1. The molecule has 138 valence electrons. The van der Waals surface area contributed by atoms with E-state index in [1.165, 1.54) is 25.3 Å². The van der Waals surface area contributed by atoms with Crippen LogP contribution in [-0.2, 0) is 4.79 Å². The number of rotatable bonds is 7. The molecule has 0 aliphatic heterocycles. The van der Waals surface area contributed by atoms with Crippen molar-refractivity contribution in [2.45, 2.75) is 33.3 Å². The number of methoxy groups -OCH3 is 1. The lowest BCUT2D eigenvalue weighted by atomic mass is 10.1. The Morgan fingerprint density at radius 1 is 1.23 bits per heavy atom. The molecule has 2 rings (SSSR count). The smallest absolute Gasteiger partial charge is 0.271 e. The lowest BCUT2D eigenvalue weighted by Crippen LogP contribution is -2.32. The number of nitro groups is 1. The predicted molar refractivity (Wildman–Crippen MR) is 98.9 cm³/mol. The van der Waals surface area contributed by atoms with Crippen molar-refractivity contribution in [2.75, 3.05) is 12.4 Å². The Morgan fingerprint density at radius 3 is 2.58 bits per heavy atom. The van der Waals surface area contributed by atoms with Crippen molar-refractivity contribution >= 4 is 17.3 Å². The lowest BCUT2D eigenvalue weighted by molar-refractivity contribution is -0.384. The van der Waals surface area contributed by atoms with Gasteiger partial charge < -0.3 is 14.8 Å². The molecule has 0 radical (unpaired) electrons. The fourth-order valence-corrected chi connectivity index (χ4v) is 2.45. The van der Waals surface area contributed by atoms with Crippen molar-refractivity contribution < 1.29 is 19.2 Å². The maximum atomic E-state index is 12.6.